The van der Waals surface area contributed by atoms with Gasteiger partial charge in [0.05, 0.1) is 24.4 Å². The first kappa shape index (κ1) is 34.0. The number of amides is 2. The van der Waals surface area contributed by atoms with Crippen LogP contribution in [0.5, 0.6) is 5.75 Å². The molecule has 9 heteroatoms. The molecule has 1 fully saturated rings. The number of hydrogen-bond acceptors (Lipinski definition) is 7. The lowest BCUT2D eigenvalue weighted by Crippen LogP contribution is -2.51. The van der Waals surface area contributed by atoms with E-state index in [1.54, 1.807) is 33.1 Å². The predicted molar refractivity (Wildman–Crippen MR) is 157 cm³/mol. The van der Waals surface area contributed by atoms with Crippen LogP contribution >= 0.6 is 0 Å². The Morgan fingerprint density at radius 1 is 1.05 bits per heavy atom. The Morgan fingerprint density at radius 2 is 1.73 bits per heavy atom. The number of ether oxygens (including phenoxy) is 3. The summed E-state index contributed by atoms with van der Waals surface area (Å²) in [6.45, 7) is 9.32. The minimum Gasteiger partial charge on any atom is -0.493 e. The molecule has 0 heterocycles. The Morgan fingerprint density at radius 3 is 2.40 bits per heavy atom. The third-order valence-electron chi connectivity index (χ3n) is 7.70. The lowest BCUT2D eigenvalue weighted by Gasteiger charge is -2.32. The Bertz CT molecular complexity index is 888. The summed E-state index contributed by atoms with van der Waals surface area (Å²) in [6.07, 6.45) is 6.83. The second kappa shape index (κ2) is 17.6. The van der Waals surface area contributed by atoms with Gasteiger partial charge in [-0.25, -0.2) is 0 Å². The van der Waals surface area contributed by atoms with E-state index in [1.807, 2.05) is 12.1 Å². The van der Waals surface area contributed by atoms with E-state index < -0.39 is 17.7 Å². The van der Waals surface area contributed by atoms with Crippen LogP contribution in [-0.4, -0.2) is 74.2 Å². The molecule has 3 unspecified atom stereocenters. The fourth-order valence-electron chi connectivity index (χ4n) is 4.94. The Hall–Kier alpha value is -2.20. The molecule has 2 rings (SSSR count). The maximum Gasteiger partial charge on any atom is 0.255 e. The van der Waals surface area contributed by atoms with Crippen LogP contribution in [0.4, 0.5) is 0 Å². The van der Waals surface area contributed by atoms with Crippen LogP contribution in [0.15, 0.2) is 24.3 Å². The number of aliphatic hydroxyl groups excluding tert-OH is 1. The lowest BCUT2D eigenvalue weighted by molar-refractivity contribution is -0.152. The molecule has 9 nitrogen and oxygen atoms in total. The van der Waals surface area contributed by atoms with Gasteiger partial charge in [-0.1, -0.05) is 45.2 Å². The van der Waals surface area contributed by atoms with Crippen LogP contribution in [0.25, 0.3) is 0 Å². The van der Waals surface area contributed by atoms with Crippen molar-refractivity contribution in [3.63, 3.8) is 0 Å². The summed E-state index contributed by atoms with van der Waals surface area (Å²) in [5, 5.41) is 16.6. The van der Waals surface area contributed by atoms with Crippen LogP contribution in [0.2, 0.25) is 0 Å². The van der Waals surface area contributed by atoms with Gasteiger partial charge in [0.25, 0.3) is 11.8 Å². The summed E-state index contributed by atoms with van der Waals surface area (Å²) in [4.78, 5) is 25.8. The second-order valence-electron chi connectivity index (χ2n) is 11.8. The lowest BCUT2D eigenvalue weighted by atomic mass is 9.87. The number of rotatable bonds is 18. The first-order chi connectivity index (χ1) is 19.0. The van der Waals surface area contributed by atoms with Crippen molar-refractivity contribution in [2.24, 2.45) is 17.6 Å². The van der Waals surface area contributed by atoms with E-state index in [9.17, 15) is 14.7 Å². The molecule has 0 radical (unpaired) electrons. The molecule has 1 aliphatic rings. The minimum atomic E-state index is -0.972. The molecular weight excluding hydrogens is 510 g/mol. The number of unbranched alkanes of at least 4 members (excludes halogenated alkanes) is 1. The van der Waals surface area contributed by atoms with E-state index in [0.29, 0.717) is 37.5 Å². The third kappa shape index (κ3) is 11.7. The zero-order valence-corrected chi connectivity index (χ0v) is 25.2. The average molecular weight is 564 g/mol. The first-order valence-electron chi connectivity index (χ1n) is 14.9. The van der Waals surface area contributed by atoms with Crippen molar-refractivity contribution in [3.05, 3.63) is 29.8 Å². The molecule has 0 bridgehead atoms. The SMILES string of the molecule is COCCCCOc1ccccc1C(=O)NCC(CC(N)C(O)CNC(=O)C(C)(C)OC1CCCCC1)C(C)C. The van der Waals surface area contributed by atoms with E-state index in [0.717, 1.165) is 38.5 Å². The number of nitrogens with two attached hydrogens (primary N) is 1. The minimum absolute atomic E-state index is 0.0394. The first-order valence-corrected chi connectivity index (χ1v) is 14.9. The van der Waals surface area contributed by atoms with Gasteiger partial charge in [-0.15, -0.1) is 0 Å². The number of nitrogens with one attached hydrogen (secondary N) is 2. The highest BCUT2D eigenvalue weighted by atomic mass is 16.5. The number of para-hydroxylation sites is 1. The number of benzene rings is 1. The van der Waals surface area contributed by atoms with Crippen LogP contribution < -0.4 is 21.1 Å². The standard InChI is InChI=1S/C31H53N3O6/c1-22(2)23(20-33-29(36)25-15-9-10-16-28(25)39-18-12-11-17-38-5)19-26(32)27(35)21-34-30(37)31(3,4)40-24-13-7-6-8-14-24/h9-10,15-16,22-24,26-27,35H,6-8,11-14,17-21,32H2,1-5H3,(H,33,36)(H,34,37). The molecule has 40 heavy (non-hydrogen) atoms. The summed E-state index contributed by atoms with van der Waals surface area (Å²) in [6, 6.07) is 6.65. The summed E-state index contributed by atoms with van der Waals surface area (Å²) >= 11 is 0. The number of carbonyl (C=O) groups is 2. The third-order valence-corrected chi connectivity index (χ3v) is 7.70. The summed E-state index contributed by atoms with van der Waals surface area (Å²) in [5.74, 6) is 0.355. The van der Waals surface area contributed by atoms with Gasteiger partial charge >= 0.3 is 0 Å². The number of hydrogen-bond donors (Lipinski definition) is 4. The van der Waals surface area contributed by atoms with Crippen molar-refractivity contribution in [3.8, 4) is 5.75 Å². The largest absolute Gasteiger partial charge is 0.493 e. The molecule has 1 aromatic carbocycles. The van der Waals surface area contributed by atoms with E-state index in [2.05, 4.69) is 24.5 Å². The van der Waals surface area contributed by atoms with Crippen molar-refractivity contribution >= 4 is 11.8 Å². The summed E-state index contributed by atoms with van der Waals surface area (Å²) < 4.78 is 17.0. The van der Waals surface area contributed by atoms with Gasteiger partial charge in [-0.2, -0.15) is 0 Å². The van der Waals surface area contributed by atoms with Crippen molar-refractivity contribution in [1.82, 2.24) is 10.6 Å². The fraction of sp³-hybridized carbons (Fsp3) is 0.742. The number of aliphatic hydroxyl groups is 1. The molecule has 1 aliphatic carbocycles. The highest BCUT2D eigenvalue weighted by Crippen LogP contribution is 2.25. The van der Waals surface area contributed by atoms with Gasteiger partial charge in [0.1, 0.15) is 11.4 Å². The molecule has 3 atom stereocenters. The van der Waals surface area contributed by atoms with E-state index in [-0.39, 0.29) is 36.3 Å². The molecule has 1 saturated carbocycles. The maximum absolute atomic E-state index is 13.0. The van der Waals surface area contributed by atoms with Crippen LogP contribution in [0, 0.1) is 11.8 Å². The topological polar surface area (TPSA) is 132 Å². The van der Waals surface area contributed by atoms with Crippen molar-refractivity contribution in [2.45, 2.75) is 103 Å². The highest BCUT2D eigenvalue weighted by Gasteiger charge is 2.33. The van der Waals surface area contributed by atoms with Crippen LogP contribution in [0.1, 0.15) is 89.4 Å². The normalized spacial score (nSPS) is 16.8. The number of methoxy groups -OCH3 is 1. The molecule has 1 aromatic rings. The molecule has 0 saturated heterocycles. The molecule has 5 N–H and O–H groups in total. The highest BCUT2D eigenvalue weighted by molar-refractivity contribution is 5.96. The molecule has 2 amide bonds. The smallest absolute Gasteiger partial charge is 0.255 e. The van der Waals surface area contributed by atoms with Crippen LogP contribution in [-0.2, 0) is 14.3 Å². The van der Waals surface area contributed by atoms with Crippen molar-refractivity contribution in [2.75, 3.05) is 33.4 Å². The Balaban J connectivity index is 1.83. The Labute approximate surface area is 240 Å². The molecule has 0 aromatic heterocycles. The van der Waals surface area contributed by atoms with E-state index in [1.165, 1.54) is 6.42 Å². The van der Waals surface area contributed by atoms with E-state index in [4.69, 9.17) is 19.9 Å². The molecule has 0 aliphatic heterocycles. The van der Waals surface area contributed by atoms with Crippen LogP contribution in [0.3, 0.4) is 0 Å². The maximum atomic E-state index is 13.0. The molecule has 228 valence electrons. The summed E-state index contributed by atoms with van der Waals surface area (Å²) in [5.41, 5.74) is 5.87. The number of carbonyl (C=O) groups excluding carboxylic acids is 2. The predicted octanol–water partition coefficient (Wildman–Crippen LogP) is 3.82. The van der Waals surface area contributed by atoms with E-state index >= 15 is 0 Å². The van der Waals surface area contributed by atoms with Gasteiger partial charge in [-0.3, -0.25) is 9.59 Å². The monoisotopic (exact) mass is 563 g/mol. The average Bonchev–Trinajstić information content (AvgIpc) is 2.93. The molecule has 0 spiro atoms. The zero-order valence-electron chi connectivity index (χ0n) is 25.2. The van der Waals surface area contributed by atoms with Gasteiger partial charge in [0.2, 0.25) is 0 Å². The molecular formula is C31H53N3O6. The van der Waals surface area contributed by atoms with Gasteiger partial charge < -0.3 is 35.7 Å². The quantitative estimate of drug-likeness (QED) is 0.200. The fourth-order valence-corrected chi connectivity index (χ4v) is 4.94. The Kier molecular flexibility index (Phi) is 14.9. The van der Waals surface area contributed by atoms with Gasteiger partial charge in [-0.05, 0) is 69.9 Å². The van der Waals surface area contributed by atoms with Crippen molar-refractivity contribution in [1.29, 1.82) is 0 Å². The van der Waals surface area contributed by atoms with Gasteiger partial charge in [0, 0.05) is 32.8 Å². The van der Waals surface area contributed by atoms with Gasteiger partial charge in [0.15, 0.2) is 0 Å². The zero-order chi connectivity index (χ0) is 29.5. The second-order valence-corrected chi connectivity index (χ2v) is 11.8. The summed E-state index contributed by atoms with van der Waals surface area (Å²) in [7, 11) is 1.67. The van der Waals surface area contributed by atoms with Crippen molar-refractivity contribution < 1.29 is 28.9 Å².